The lowest BCUT2D eigenvalue weighted by Gasteiger charge is -2.28. The van der Waals surface area contributed by atoms with Gasteiger partial charge in [-0.2, -0.15) is 0 Å². The number of aliphatic hydroxyl groups excluding tert-OH is 1. The van der Waals surface area contributed by atoms with Gasteiger partial charge in [-0.15, -0.1) is 0 Å². The lowest BCUT2D eigenvalue weighted by molar-refractivity contribution is 0.122. The molecule has 0 aromatic rings. The van der Waals surface area contributed by atoms with Gasteiger partial charge < -0.3 is 5.11 Å². The molecule has 0 aromatic heterocycles. The van der Waals surface area contributed by atoms with Crippen LogP contribution in [0.15, 0.2) is 0 Å². The molecule has 0 heterocycles. The van der Waals surface area contributed by atoms with Gasteiger partial charge in [-0.25, -0.2) is 0 Å². The second-order valence-corrected chi connectivity index (χ2v) is 5.85. The first-order valence-corrected chi connectivity index (χ1v) is 7.36. The first-order valence-electron chi connectivity index (χ1n) is 7.36. The van der Waals surface area contributed by atoms with Crippen LogP contribution in [0.5, 0.6) is 0 Å². The molecule has 0 radical (unpaired) electrons. The minimum Gasteiger partial charge on any atom is -0.396 e. The van der Waals surface area contributed by atoms with E-state index in [-0.39, 0.29) is 0 Å². The SMILES string of the molecule is CC1CCCCCCCCCC(C)C1CO. The molecule has 1 heteroatoms. The van der Waals surface area contributed by atoms with E-state index in [4.69, 9.17) is 0 Å². The molecule has 96 valence electrons. The third-order valence-corrected chi connectivity index (χ3v) is 4.49. The fourth-order valence-corrected chi connectivity index (χ4v) is 3.17. The summed E-state index contributed by atoms with van der Waals surface area (Å²) in [5.41, 5.74) is 0. The molecule has 0 spiro atoms. The molecule has 1 fully saturated rings. The topological polar surface area (TPSA) is 20.2 Å². The number of aliphatic hydroxyl groups is 1. The Hall–Kier alpha value is -0.0400. The summed E-state index contributed by atoms with van der Waals surface area (Å²) in [6, 6.07) is 0. The molecule has 0 saturated heterocycles. The minimum absolute atomic E-state index is 0.391. The Labute approximate surface area is 102 Å². The third-order valence-electron chi connectivity index (χ3n) is 4.49. The smallest absolute Gasteiger partial charge is 0.0464 e. The summed E-state index contributed by atoms with van der Waals surface area (Å²) >= 11 is 0. The van der Waals surface area contributed by atoms with Crippen LogP contribution in [0.25, 0.3) is 0 Å². The van der Waals surface area contributed by atoms with E-state index >= 15 is 0 Å². The van der Waals surface area contributed by atoms with Gasteiger partial charge in [0.25, 0.3) is 0 Å². The molecular weight excluding hydrogens is 196 g/mol. The van der Waals surface area contributed by atoms with Crippen molar-refractivity contribution in [2.75, 3.05) is 6.61 Å². The Morgan fingerprint density at radius 2 is 1.12 bits per heavy atom. The summed E-state index contributed by atoms with van der Waals surface area (Å²) in [7, 11) is 0. The molecule has 16 heavy (non-hydrogen) atoms. The highest BCUT2D eigenvalue weighted by Gasteiger charge is 2.22. The van der Waals surface area contributed by atoms with Crippen LogP contribution < -0.4 is 0 Å². The maximum Gasteiger partial charge on any atom is 0.0464 e. The lowest BCUT2D eigenvalue weighted by atomic mass is 9.78. The van der Waals surface area contributed by atoms with Crippen LogP contribution in [0.1, 0.15) is 71.6 Å². The first kappa shape index (κ1) is 14.0. The van der Waals surface area contributed by atoms with E-state index in [1.165, 1.54) is 57.8 Å². The van der Waals surface area contributed by atoms with Crippen molar-refractivity contribution < 1.29 is 5.11 Å². The van der Waals surface area contributed by atoms with Crippen molar-refractivity contribution in [1.29, 1.82) is 0 Å². The van der Waals surface area contributed by atoms with E-state index in [1.807, 2.05) is 0 Å². The maximum absolute atomic E-state index is 9.54. The van der Waals surface area contributed by atoms with Gasteiger partial charge in [0.05, 0.1) is 0 Å². The normalized spacial score (nSPS) is 35.1. The highest BCUT2D eigenvalue weighted by Crippen LogP contribution is 2.29. The van der Waals surface area contributed by atoms with Crippen molar-refractivity contribution >= 4 is 0 Å². The zero-order chi connectivity index (χ0) is 11.8. The van der Waals surface area contributed by atoms with Crippen LogP contribution in [-0.4, -0.2) is 11.7 Å². The van der Waals surface area contributed by atoms with Crippen LogP contribution in [0.4, 0.5) is 0 Å². The lowest BCUT2D eigenvalue weighted by Crippen LogP contribution is -2.23. The van der Waals surface area contributed by atoms with Crippen LogP contribution in [-0.2, 0) is 0 Å². The zero-order valence-corrected chi connectivity index (χ0v) is 11.3. The maximum atomic E-state index is 9.54. The molecule has 0 bridgehead atoms. The predicted molar refractivity (Wildman–Crippen MR) is 70.5 cm³/mol. The van der Waals surface area contributed by atoms with E-state index in [0.717, 1.165) is 0 Å². The molecule has 0 amide bonds. The van der Waals surface area contributed by atoms with Crippen LogP contribution in [0, 0.1) is 17.8 Å². The molecule has 1 nitrogen and oxygen atoms in total. The first-order chi connectivity index (χ1) is 7.75. The summed E-state index contributed by atoms with van der Waals surface area (Å²) in [6.45, 7) is 5.06. The van der Waals surface area contributed by atoms with Crippen molar-refractivity contribution in [1.82, 2.24) is 0 Å². The average Bonchev–Trinajstić information content (AvgIpc) is 2.26. The largest absolute Gasteiger partial charge is 0.396 e. The number of hydrogen-bond donors (Lipinski definition) is 1. The summed E-state index contributed by atoms with van der Waals surface area (Å²) in [4.78, 5) is 0. The minimum atomic E-state index is 0.391. The highest BCUT2D eigenvalue weighted by atomic mass is 16.3. The van der Waals surface area contributed by atoms with Crippen LogP contribution >= 0.6 is 0 Å². The number of rotatable bonds is 1. The molecule has 0 aromatic carbocycles. The van der Waals surface area contributed by atoms with Crippen molar-refractivity contribution in [3.05, 3.63) is 0 Å². The molecule has 1 aliphatic carbocycles. The fraction of sp³-hybridized carbons (Fsp3) is 1.00. The van der Waals surface area contributed by atoms with Gasteiger partial charge in [0.1, 0.15) is 0 Å². The van der Waals surface area contributed by atoms with E-state index in [1.54, 1.807) is 0 Å². The quantitative estimate of drug-likeness (QED) is 0.703. The molecule has 2 unspecified atom stereocenters. The molecule has 1 N–H and O–H groups in total. The van der Waals surface area contributed by atoms with Crippen molar-refractivity contribution in [3.63, 3.8) is 0 Å². The standard InChI is InChI=1S/C15H30O/c1-13-10-8-6-4-3-5-7-9-11-14(2)15(13)12-16/h13-16H,3-12H2,1-2H3. The molecule has 0 aliphatic heterocycles. The Balaban J connectivity index is 2.44. The van der Waals surface area contributed by atoms with E-state index < -0.39 is 0 Å². The molecule has 2 atom stereocenters. The molecule has 1 saturated carbocycles. The Kier molecular flexibility index (Phi) is 7.11. The summed E-state index contributed by atoms with van der Waals surface area (Å²) in [5.74, 6) is 1.96. The Morgan fingerprint density at radius 1 is 0.750 bits per heavy atom. The van der Waals surface area contributed by atoms with Gasteiger partial charge in [-0.3, -0.25) is 0 Å². The second-order valence-electron chi connectivity index (χ2n) is 5.85. The molecule has 1 rings (SSSR count). The number of hydrogen-bond acceptors (Lipinski definition) is 1. The fourth-order valence-electron chi connectivity index (χ4n) is 3.17. The van der Waals surface area contributed by atoms with E-state index in [2.05, 4.69) is 13.8 Å². The monoisotopic (exact) mass is 226 g/mol. The van der Waals surface area contributed by atoms with E-state index in [0.29, 0.717) is 24.4 Å². The average molecular weight is 226 g/mol. The van der Waals surface area contributed by atoms with Crippen molar-refractivity contribution in [3.8, 4) is 0 Å². The third kappa shape index (κ3) is 4.86. The van der Waals surface area contributed by atoms with Gasteiger partial charge in [0, 0.05) is 6.61 Å². The summed E-state index contributed by atoms with van der Waals surface area (Å²) in [5, 5.41) is 9.54. The van der Waals surface area contributed by atoms with Gasteiger partial charge in [-0.05, 0) is 17.8 Å². The summed E-state index contributed by atoms with van der Waals surface area (Å²) in [6.07, 6.45) is 12.4. The van der Waals surface area contributed by atoms with Gasteiger partial charge in [0.15, 0.2) is 0 Å². The van der Waals surface area contributed by atoms with Crippen molar-refractivity contribution in [2.24, 2.45) is 17.8 Å². The van der Waals surface area contributed by atoms with Crippen molar-refractivity contribution in [2.45, 2.75) is 71.6 Å². The van der Waals surface area contributed by atoms with E-state index in [9.17, 15) is 5.11 Å². The Bertz CT molecular complexity index is 151. The zero-order valence-electron chi connectivity index (χ0n) is 11.3. The predicted octanol–water partition coefficient (Wildman–Crippen LogP) is 4.39. The molecule has 1 aliphatic rings. The highest BCUT2D eigenvalue weighted by molar-refractivity contribution is 4.72. The Morgan fingerprint density at radius 3 is 1.50 bits per heavy atom. The van der Waals surface area contributed by atoms with Gasteiger partial charge in [-0.1, -0.05) is 71.6 Å². The molecular formula is C15H30O. The van der Waals surface area contributed by atoms with Crippen LogP contribution in [0.2, 0.25) is 0 Å². The second kappa shape index (κ2) is 8.11. The van der Waals surface area contributed by atoms with Gasteiger partial charge in [0.2, 0.25) is 0 Å². The van der Waals surface area contributed by atoms with Gasteiger partial charge >= 0.3 is 0 Å². The van der Waals surface area contributed by atoms with Crippen LogP contribution in [0.3, 0.4) is 0 Å². The summed E-state index contributed by atoms with van der Waals surface area (Å²) < 4.78 is 0.